The molecule has 5 N–H and O–H groups in total. The fraction of sp³-hybridized carbons (Fsp3) is 0.389. The average molecular weight is 337 g/mol. The Kier molecular flexibility index (Phi) is 4.01. The van der Waals surface area contributed by atoms with Gasteiger partial charge in [0.2, 0.25) is 0 Å². The number of nitrogens with two attached hydrogens (primary N) is 2. The maximum atomic E-state index is 6.34. The summed E-state index contributed by atoms with van der Waals surface area (Å²) in [5.41, 5.74) is 16.3. The Morgan fingerprint density at radius 3 is 2.72 bits per heavy atom. The molecule has 7 nitrogen and oxygen atoms in total. The molecule has 3 heterocycles. The number of nitrogens with zero attached hydrogens (tertiary/aromatic N) is 4. The number of anilines is 3. The second kappa shape index (κ2) is 6.33. The second-order valence-corrected chi connectivity index (χ2v) is 6.82. The van der Waals surface area contributed by atoms with Gasteiger partial charge in [0, 0.05) is 30.2 Å². The van der Waals surface area contributed by atoms with Crippen molar-refractivity contribution in [1.29, 1.82) is 0 Å². The Morgan fingerprint density at radius 1 is 1.16 bits per heavy atom. The van der Waals surface area contributed by atoms with E-state index in [1.165, 1.54) is 0 Å². The zero-order valence-corrected chi connectivity index (χ0v) is 14.3. The fourth-order valence-corrected chi connectivity index (χ4v) is 3.65. The third-order valence-corrected chi connectivity index (χ3v) is 4.95. The van der Waals surface area contributed by atoms with Crippen LogP contribution in [0.5, 0.6) is 0 Å². The zero-order chi connectivity index (χ0) is 17.4. The largest absolute Gasteiger partial charge is 0.382 e. The Labute approximate surface area is 146 Å². The predicted octanol–water partition coefficient (Wildman–Crippen LogP) is 2.74. The van der Waals surface area contributed by atoms with Gasteiger partial charge in [0.1, 0.15) is 11.6 Å². The molecule has 0 saturated heterocycles. The molecule has 0 atom stereocenters. The van der Waals surface area contributed by atoms with Crippen LogP contribution in [0.2, 0.25) is 0 Å². The summed E-state index contributed by atoms with van der Waals surface area (Å²) in [6, 6.07) is 4.27. The molecule has 1 fully saturated rings. The van der Waals surface area contributed by atoms with Gasteiger partial charge in [0.25, 0.3) is 0 Å². The van der Waals surface area contributed by atoms with E-state index in [4.69, 9.17) is 11.5 Å². The van der Waals surface area contributed by atoms with Crippen molar-refractivity contribution in [1.82, 2.24) is 19.6 Å². The number of rotatable bonds is 3. The third kappa shape index (κ3) is 3.02. The molecule has 0 radical (unpaired) electrons. The van der Waals surface area contributed by atoms with Crippen molar-refractivity contribution in [2.75, 3.05) is 11.1 Å². The molecule has 0 spiro atoms. The number of aromatic nitrogens is 4. The van der Waals surface area contributed by atoms with Crippen LogP contribution in [-0.2, 0) is 0 Å². The monoisotopic (exact) mass is 337 g/mol. The fourth-order valence-electron chi connectivity index (χ4n) is 3.65. The molecular formula is C18H23N7. The SMILES string of the molecule is Cc1ccnc(Nc2c(C3CCC(N)CC3)c(N)nn3ccnc23)c1. The lowest BCUT2D eigenvalue weighted by atomic mass is 9.81. The predicted molar refractivity (Wildman–Crippen MR) is 98.8 cm³/mol. The lowest BCUT2D eigenvalue weighted by molar-refractivity contribution is 0.396. The number of hydrogen-bond donors (Lipinski definition) is 3. The highest BCUT2D eigenvalue weighted by atomic mass is 15.3. The third-order valence-electron chi connectivity index (χ3n) is 4.95. The number of aryl methyl sites for hydroxylation is 1. The standard InChI is InChI=1S/C18H23N7/c1-11-6-7-21-14(10-11)23-16-15(12-2-4-13(19)5-3-12)17(20)24-25-9-8-22-18(16)25/h6-10,12-13H,2-5,19H2,1H3,(H2,20,24)(H,21,23). The van der Waals surface area contributed by atoms with Gasteiger partial charge >= 0.3 is 0 Å². The summed E-state index contributed by atoms with van der Waals surface area (Å²) < 4.78 is 1.71. The first kappa shape index (κ1) is 15.8. The van der Waals surface area contributed by atoms with Crippen LogP contribution in [-0.4, -0.2) is 25.6 Å². The van der Waals surface area contributed by atoms with E-state index >= 15 is 0 Å². The Hall–Kier alpha value is -2.67. The average Bonchev–Trinajstić information content (AvgIpc) is 3.04. The smallest absolute Gasteiger partial charge is 0.177 e. The number of fused-ring (bicyclic) bond motifs is 1. The normalized spacial score (nSPS) is 20.7. The van der Waals surface area contributed by atoms with Gasteiger partial charge in [0.15, 0.2) is 5.65 Å². The molecule has 1 saturated carbocycles. The number of nitrogens with one attached hydrogen (secondary N) is 1. The molecule has 0 amide bonds. The van der Waals surface area contributed by atoms with E-state index in [0.29, 0.717) is 11.7 Å². The van der Waals surface area contributed by atoms with Crippen molar-refractivity contribution in [3.8, 4) is 0 Å². The van der Waals surface area contributed by atoms with Gasteiger partial charge in [0.05, 0.1) is 5.69 Å². The summed E-state index contributed by atoms with van der Waals surface area (Å²) in [5.74, 6) is 1.66. The summed E-state index contributed by atoms with van der Waals surface area (Å²) in [6.07, 6.45) is 9.38. The van der Waals surface area contributed by atoms with Crippen molar-refractivity contribution in [3.63, 3.8) is 0 Å². The van der Waals surface area contributed by atoms with Crippen molar-refractivity contribution in [3.05, 3.63) is 41.9 Å². The van der Waals surface area contributed by atoms with Crippen LogP contribution < -0.4 is 16.8 Å². The molecule has 0 bridgehead atoms. The minimum atomic E-state index is 0.287. The molecule has 0 unspecified atom stereocenters. The number of nitrogen functional groups attached to an aromatic ring is 1. The molecule has 0 aromatic carbocycles. The van der Waals surface area contributed by atoms with Crippen LogP contribution in [0.15, 0.2) is 30.7 Å². The summed E-state index contributed by atoms with van der Waals surface area (Å²) in [4.78, 5) is 8.90. The molecule has 7 heteroatoms. The first-order valence-electron chi connectivity index (χ1n) is 8.70. The van der Waals surface area contributed by atoms with Gasteiger partial charge in [-0.05, 0) is 56.2 Å². The van der Waals surface area contributed by atoms with Crippen molar-refractivity contribution in [2.24, 2.45) is 5.73 Å². The molecule has 0 aliphatic heterocycles. The second-order valence-electron chi connectivity index (χ2n) is 6.82. The van der Waals surface area contributed by atoms with Crippen LogP contribution in [0, 0.1) is 6.92 Å². The number of imidazole rings is 1. The van der Waals surface area contributed by atoms with Crippen molar-refractivity contribution < 1.29 is 0 Å². The summed E-state index contributed by atoms with van der Waals surface area (Å²) in [7, 11) is 0. The van der Waals surface area contributed by atoms with E-state index in [2.05, 4.69) is 20.4 Å². The Bertz CT molecular complexity index is 894. The van der Waals surface area contributed by atoms with Gasteiger partial charge in [-0.15, -0.1) is 5.10 Å². The molecule has 1 aliphatic carbocycles. The van der Waals surface area contributed by atoms with Crippen molar-refractivity contribution >= 4 is 23.0 Å². The van der Waals surface area contributed by atoms with Crippen LogP contribution in [0.3, 0.4) is 0 Å². The Balaban J connectivity index is 1.82. The topological polar surface area (TPSA) is 107 Å². The maximum absolute atomic E-state index is 6.34. The highest BCUT2D eigenvalue weighted by Crippen LogP contribution is 2.40. The molecule has 3 aromatic rings. The molecule has 4 rings (SSSR count). The zero-order valence-electron chi connectivity index (χ0n) is 14.3. The van der Waals surface area contributed by atoms with Gasteiger partial charge in [-0.1, -0.05) is 0 Å². The van der Waals surface area contributed by atoms with Crippen LogP contribution in [0.4, 0.5) is 17.3 Å². The molecule has 130 valence electrons. The quantitative estimate of drug-likeness (QED) is 0.678. The minimum absolute atomic E-state index is 0.287. The molecular weight excluding hydrogens is 314 g/mol. The summed E-state index contributed by atoms with van der Waals surface area (Å²) in [5, 5.41) is 7.94. The van der Waals surface area contributed by atoms with E-state index in [9.17, 15) is 0 Å². The molecule has 1 aliphatic rings. The highest BCUT2D eigenvalue weighted by molar-refractivity contribution is 5.80. The minimum Gasteiger partial charge on any atom is -0.382 e. The molecule has 3 aromatic heterocycles. The van der Waals surface area contributed by atoms with E-state index in [1.807, 2.05) is 19.1 Å². The summed E-state index contributed by atoms with van der Waals surface area (Å²) >= 11 is 0. The molecule has 25 heavy (non-hydrogen) atoms. The lowest BCUT2D eigenvalue weighted by Crippen LogP contribution is -2.26. The maximum Gasteiger partial charge on any atom is 0.177 e. The van der Waals surface area contributed by atoms with E-state index in [0.717, 1.165) is 54.0 Å². The van der Waals surface area contributed by atoms with Crippen LogP contribution in [0.25, 0.3) is 5.65 Å². The van der Waals surface area contributed by atoms with E-state index < -0.39 is 0 Å². The highest BCUT2D eigenvalue weighted by Gasteiger charge is 2.27. The van der Waals surface area contributed by atoms with Gasteiger partial charge in [-0.25, -0.2) is 14.5 Å². The van der Waals surface area contributed by atoms with E-state index in [1.54, 1.807) is 23.1 Å². The van der Waals surface area contributed by atoms with Crippen LogP contribution >= 0.6 is 0 Å². The lowest BCUT2D eigenvalue weighted by Gasteiger charge is -2.28. The van der Waals surface area contributed by atoms with Gasteiger partial charge < -0.3 is 16.8 Å². The Morgan fingerprint density at radius 2 is 1.96 bits per heavy atom. The van der Waals surface area contributed by atoms with Crippen molar-refractivity contribution in [2.45, 2.75) is 44.6 Å². The van der Waals surface area contributed by atoms with E-state index in [-0.39, 0.29) is 6.04 Å². The first-order chi connectivity index (χ1) is 12.1. The van der Waals surface area contributed by atoms with Gasteiger partial charge in [-0.2, -0.15) is 0 Å². The van der Waals surface area contributed by atoms with Crippen LogP contribution in [0.1, 0.15) is 42.7 Å². The van der Waals surface area contributed by atoms with Gasteiger partial charge in [-0.3, -0.25) is 0 Å². The first-order valence-corrected chi connectivity index (χ1v) is 8.70. The number of pyridine rings is 1. The number of hydrogen-bond acceptors (Lipinski definition) is 6. The summed E-state index contributed by atoms with van der Waals surface area (Å²) in [6.45, 7) is 2.04.